The predicted octanol–water partition coefficient (Wildman–Crippen LogP) is 5.02. The van der Waals surface area contributed by atoms with Gasteiger partial charge >= 0.3 is 0 Å². The predicted molar refractivity (Wildman–Crippen MR) is 137 cm³/mol. The van der Waals surface area contributed by atoms with Crippen molar-refractivity contribution < 1.29 is 9.53 Å². The molecular weight excluding hydrogens is 553 g/mol. The van der Waals surface area contributed by atoms with Gasteiger partial charge in [-0.25, -0.2) is 4.98 Å². The first-order chi connectivity index (χ1) is 14.2. The minimum Gasteiger partial charge on any atom is -0.379 e. The zero-order valence-corrected chi connectivity index (χ0v) is 21.2. The molecule has 5 nitrogen and oxygen atoms in total. The van der Waals surface area contributed by atoms with Crippen molar-refractivity contribution >= 4 is 79.4 Å². The van der Waals surface area contributed by atoms with Crippen LogP contribution >= 0.6 is 58.1 Å². The van der Waals surface area contributed by atoms with Crippen LogP contribution in [0.4, 0.5) is 5.13 Å². The highest BCUT2D eigenvalue weighted by Gasteiger charge is 2.24. The summed E-state index contributed by atoms with van der Waals surface area (Å²) in [7, 11) is 0. The van der Waals surface area contributed by atoms with Crippen LogP contribution in [-0.2, 0) is 4.74 Å². The summed E-state index contributed by atoms with van der Waals surface area (Å²) < 4.78 is 7.52. The van der Waals surface area contributed by atoms with Gasteiger partial charge in [-0.1, -0.05) is 29.5 Å². The van der Waals surface area contributed by atoms with Gasteiger partial charge < -0.3 is 4.74 Å². The number of halogens is 2. The van der Waals surface area contributed by atoms with Crippen LogP contribution in [0.15, 0.2) is 47.4 Å². The summed E-state index contributed by atoms with van der Waals surface area (Å²) in [5, 5.41) is 0.763. The fraction of sp³-hybridized carbons (Fsp3) is 0.333. The molecule has 0 aliphatic carbocycles. The summed E-state index contributed by atoms with van der Waals surface area (Å²) in [6.45, 7) is 4.73. The molecule has 9 heteroatoms. The van der Waals surface area contributed by atoms with Gasteiger partial charge in [-0.15, -0.1) is 24.2 Å². The second kappa shape index (κ2) is 11.1. The molecule has 0 spiro atoms. The van der Waals surface area contributed by atoms with Crippen LogP contribution in [0.3, 0.4) is 0 Å². The van der Waals surface area contributed by atoms with Crippen molar-refractivity contribution in [2.24, 2.45) is 0 Å². The number of amides is 1. The van der Waals surface area contributed by atoms with Crippen LogP contribution in [0.1, 0.15) is 10.4 Å². The van der Waals surface area contributed by atoms with E-state index in [2.05, 4.69) is 51.9 Å². The zero-order chi connectivity index (χ0) is 20.2. The van der Waals surface area contributed by atoms with Crippen LogP contribution in [0.25, 0.3) is 10.2 Å². The van der Waals surface area contributed by atoms with E-state index in [0.29, 0.717) is 6.54 Å². The van der Waals surface area contributed by atoms with Crippen molar-refractivity contribution in [3.05, 3.63) is 51.6 Å². The molecule has 1 aliphatic rings. The third-order valence-electron chi connectivity index (χ3n) is 4.91. The third kappa shape index (κ3) is 5.28. The summed E-state index contributed by atoms with van der Waals surface area (Å²) in [6.07, 6.45) is 2.06. The number of morpholine rings is 1. The number of aromatic nitrogens is 1. The normalized spacial score (nSPS) is 14.5. The maximum Gasteiger partial charge on any atom is 0.261 e. The SMILES string of the molecule is CSc1cccc2sc(N(CCN3CCOCC3)C(=O)c3ccccc3I)nc12.Cl. The molecule has 1 aliphatic heterocycles. The lowest BCUT2D eigenvalue weighted by molar-refractivity contribution is 0.0391. The lowest BCUT2D eigenvalue weighted by Crippen LogP contribution is -2.43. The standard InChI is InChI=1S/C21H22IN3O2S2.ClH/c1-28-17-7-4-8-18-19(17)23-21(29-18)25(10-9-24-11-13-27-14-12-24)20(26)15-5-2-3-6-16(15)22;/h2-8H,9-14H2,1H3;1H. The van der Waals surface area contributed by atoms with E-state index < -0.39 is 0 Å². The summed E-state index contributed by atoms with van der Waals surface area (Å²) in [4.78, 5) is 23.7. The summed E-state index contributed by atoms with van der Waals surface area (Å²) >= 11 is 5.50. The Morgan fingerprint density at radius 1 is 1.23 bits per heavy atom. The molecule has 0 bridgehead atoms. The van der Waals surface area contributed by atoms with Crippen LogP contribution in [0, 0.1) is 3.57 Å². The van der Waals surface area contributed by atoms with E-state index in [1.54, 1.807) is 23.1 Å². The van der Waals surface area contributed by atoms with Crippen molar-refractivity contribution in [2.75, 3.05) is 50.5 Å². The maximum atomic E-state index is 13.5. The monoisotopic (exact) mass is 575 g/mol. The van der Waals surface area contributed by atoms with Crippen molar-refractivity contribution in [1.29, 1.82) is 0 Å². The Morgan fingerprint density at radius 3 is 2.73 bits per heavy atom. The highest BCUT2D eigenvalue weighted by atomic mass is 127. The van der Waals surface area contributed by atoms with Crippen molar-refractivity contribution in [3.8, 4) is 0 Å². The van der Waals surface area contributed by atoms with Crippen LogP contribution < -0.4 is 4.90 Å². The Hall–Kier alpha value is -0.910. The van der Waals surface area contributed by atoms with E-state index in [0.717, 1.165) is 62.2 Å². The number of ether oxygens (including phenoxy) is 1. The zero-order valence-electron chi connectivity index (χ0n) is 16.5. The lowest BCUT2D eigenvalue weighted by Gasteiger charge is -2.29. The summed E-state index contributed by atoms with van der Waals surface area (Å²) in [6, 6.07) is 13.9. The van der Waals surface area contributed by atoms with E-state index in [9.17, 15) is 4.79 Å². The molecule has 1 fully saturated rings. The number of hydrogen-bond acceptors (Lipinski definition) is 6. The number of anilines is 1. The highest BCUT2D eigenvalue weighted by Crippen LogP contribution is 2.34. The fourth-order valence-electron chi connectivity index (χ4n) is 3.32. The molecule has 30 heavy (non-hydrogen) atoms. The van der Waals surface area contributed by atoms with Crippen LogP contribution in [0.5, 0.6) is 0 Å². The van der Waals surface area contributed by atoms with Gasteiger partial charge in [0.2, 0.25) is 0 Å². The molecule has 0 saturated carbocycles. The minimum absolute atomic E-state index is 0. The topological polar surface area (TPSA) is 45.7 Å². The van der Waals surface area contributed by atoms with Gasteiger partial charge in [0, 0.05) is 34.6 Å². The maximum absolute atomic E-state index is 13.5. The lowest BCUT2D eigenvalue weighted by atomic mass is 10.2. The van der Waals surface area contributed by atoms with Gasteiger partial charge in [0.05, 0.1) is 29.0 Å². The molecular formula is C21H23ClIN3O2S2. The number of hydrogen-bond donors (Lipinski definition) is 0. The molecule has 0 unspecified atom stereocenters. The molecule has 1 amide bonds. The second-order valence-corrected chi connectivity index (χ2v) is 9.71. The average Bonchev–Trinajstić information content (AvgIpc) is 3.19. The molecule has 4 rings (SSSR count). The fourth-order valence-corrected chi connectivity index (χ4v) is 5.59. The minimum atomic E-state index is 0. The van der Waals surface area contributed by atoms with E-state index >= 15 is 0 Å². The number of rotatable bonds is 6. The van der Waals surface area contributed by atoms with Gasteiger partial charge in [0.25, 0.3) is 5.91 Å². The van der Waals surface area contributed by atoms with Gasteiger partial charge in [0.15, 0.2) is 5.13 Å². The molecule has 2 heterocycles. The van der Waals surface area contributed by atoms with E-state index in [1.165, 1.54) is 0 Å². The average molecular weight is 576 g/mol. The Balaban J connectivity index is 0.00000256. The molecule has 0 radical (unpaired) electrons. The molecule has 0 N–H and O–H groups in total. The van der Waals surface area contributed by atoms with Gasteiger partial charge in [0.1, 0.15) is 0 Å². The van der Waals surface area contributed by atoms with Gasteiger partial charge in [-0.3, -0.25) is 14.6 Å². The Labute approximate surface area is 204 Å². The number of nitrogens with zero attached hydrogens (tertiary/aromatic N) is 3. The van der Waals surface area contributed by atoms with Crippen molar-refractivity contribution in [2.45, 2.75) is 4.90 Å². The third-order valence-corrected chi connectivity index (χ3v) is 7.67. The Bertz CT molecular complexity index is 1010. The number of carbonyl (C=O) groups excluding carboxylic acids is 1. The van der Waals surface area contributed by atoms with Crippen molar-refractivity contribution in [1.82, 2.24) is 9.88 Å². The molecule has 0 atom stereocenters. The Kier molecular flexibility index (Phi) is 8.79. The molecule has 1 saturated heterocycles. The number of carbonyl (C=O) groups is 1. The van der Waals surface area contributed by atoms with Gasteiger partial charge in [-0.05, 0) is 53.1 Å². The Morgan fingerprint density at radius 2 is 2.00 bits per heavy atom. The number of thioether (sulfide) groups is 1. The smallest absolute Gasteiger partial charge is 0.261 e. The van der Waals surface area contributed by atoms with E-state index in [4.69, 9.17) is 9.72 Å². The van der Waals surface area contributed by atoms with Crippen LogP contribution in [0.2, 0.25) is 0 Å². The number of benzene rings is 2. The van der Waals surface area contributed by atoms with E-state index in [1.807, 2.05) is 29.2 Å². The summed E-state index contributed by atoms with van der Waals surface area (Å²) in [5.41, 5.74) is 1.70. The van der Waals surface area contributed by atoms with Crippen LogP contribution in [-0.4, -0.2) is 61.4 Å². The highest BCUT2D eigenvalue weighted by molar-refractivity contribution is 14.1. The first-order valence-electron chi connectivity index (χ1n) is 9.47. The van der Waals surface area contributed by atoms with Crippen molar-refractivity contribution in [3.63, 3.8) is 0 Å². The quantitative estimate of drug-likeness (QED) is 0.305. The number of para-hydroxylation sites is 1. The largest absolute Gasteiger partial charge is 0.379 e. The first kappa shape index (κ1) is 23.7. The molecule has 2 aromatic carbocycles. The van der Waals surface area contributed by atoms with Gasteiger partial charge in [-0.2, -0.15) is 0 Å². The van der Waals surface area contributed by atoms with E-state index in [-0.39, 0.29) is 18.3 Å². The molecule has 3 aromatic rings. The molecule has 1 aromatic heterocycles. The number of thiazole rings is 1. The summed E-state index contributed by atoms with van der Waals surface area (Å²) in [5.74, 6) is 0.00742. The molecule has 160 valence electrons. The second-order valence-electron chi connectivity index (χ2n) is 6.69. The first-order valence-corrected chi connectivity index (χ1v) is 12.6. The number of fused-ring (bicyclic) bond motifs is 1.